The van der Waals surface area contributed by atoms with Crippen molar-refractivity contribution < 1.29 is 26.8 Å². The van der Waals surface area contributed by atoms with Gasteiger partial charge in [-0.3, -0.25) is 13.9 Å². The molecule has 7 nitrogen and oxygen atoms in total. The van der Waals surface area contributed by atoms with Crippen LogP contribution in [-0.2, 0) is 32.6 Å². The van der Waals surface area contributed by atoms with Gasteiger partial charge in [-0.1, -0.05) is 67.9 Å². The lowest BCUT2D eigenvalue weighted by Crippen LogP contribution is -2.53. The normalized spacial score (nSPS) is 12.0. The molecule has 3 aromatic rings. The molecular weight excluding hydrogens is 524 g/mol. The molecule has 0 aliphatic carbocycles. The largest absolute Gasteiger partial charge is 0.354 e. The number of unbranched alkanes of at least 4 members (excludes halogenated alkanes) is 1. The van der Waals surface area contributed by atoms with Gasteiger partial charge < -0.3 is 10.2 Å². The van der Waals surface area contributed by atoms with Crippen molar-refractivity contribution in [2.75, 3.05) is 23.7 Å². The number of halogens is 2. The standard InChI is InChI=1S/C29H33F2N3O4S/c1-3-4-18-32-29(36)27(19-22-10-6-5-7-11-22)33(20-23-14-16-24(30)17-15-23)28(35)21-34(39(2,37)38)26-13-9-8-12-25(26)31/h5-17,27H,3-4,18-21H2,1-2H3,(H,32,36)/t27-/m0/s1. The van der Waals surface area contributed by atoms with Crippen LogP contribution in [0.15, 0.2) is 78.9 Å². The maximum absolute atomic E-state index is 14.6. The lowest BCUT2D eigenvalue weighted by Gasteiger charge is -2.33. The molecular formula is C29H33F2N3O4S. The van der Waals surface area contributed by atoms with Crippen molar-refractivity contribution in [3.8, 4) is 0 Å². The van der Waals surface area contributed by atoms with Crippen molar-refractivity contribution in [2.24, 2.45) is 0 Å². The first-order valence-corrected chi connectivity index (χ1v) is 14.5. The number of rotatable bonds is 13. The summed E-state index contributed by atoms with van der Waals surface area (Å²) in [6.45, 7) is 1.57. The second-order valence-electron chi connectivity index (χ2n) is 9.22. The van der Waals surface area contributed by atoms with Crippen molar-refractivity contribution in [3.05, 3.63) is 102 Å². The van der Waals surface area contributed by atoms with Gasteiger partial charge in [0, 0.05) is 19.5 Å². The Hall–Kier alpha value is -3.79. The van der Waals surface area contributed by atoms with Crippen LogP contribution in [0.5, 0.6) is 0 Å². The van der Waals surface area contributed by atoms with Gasteiger partial charge in [-0.2, -0.15) is 0 Å². The molecule has 0 fully saturated rings. The maximum atomic E-state index is 14.6. The molecule has 0 heterocycles. The number of hydrogen-bond acceptors (Lipinski definition) is 4. The van der Waals surface area contributed by atoms with Crippen LogP contribution in [0.4, 0.5) is 14.5 Å². The van der Waals surface area contributed by atoms with Crippen LogP contribution in [-0.4, -0.2) is 50.5 Å². The number of benzene rings is 3. The van der Waals surface area contributed by atoms with E-state index in [1.54, 1.807) is 0 Å². The summed E-state index contributed by atoms with van der Waals surface area (Å²) in [6.07, 6.45) is 2.64. The van der Waals surface area contributed by atoms with E-state index >= 15 is 0 Å². The summed E-state index contributed by atoms with van der Waals surface area (Å²) >= 11 is 0. The molecule has 0 radical (unpaired) electrons. The second-order valence-corrected chi connectivity index (χ2v) is 11.1. The summed E-state index contributed by atoms with van der Waals surface area (Å²) in [7, 11) is -4.07. The molecule has 10 heteroatoms. The predicted molar refractivity (Wildman–Crippen MR) is 147 cm³/mol. The number of nitrogens with zero attached hydrogens (tertiary/aromatic N) is 2. The summed E-state index contributed by atoms with van der Waals surface area (Å²) in [5.41, 5.74) is 1.06. The number of para-hydroxylation sites is 1. The Morgan fingerprint density at radius 2 is 1.54 bits per heavy atom. The van der Waals surface area contributed by atoms with E-state index in [0.717, 1.165) is 30.7 Å². The summed E-state index contributed by atoms with van der Waals surface area (Å²) in [5.74, 6) is -2.38. The Morgan fingerprint density at radius 3 is 2.15 bits per heavy atom. The third kappa shape index (κ3) is 8.61. The van der Waals surface area contributed by atoms with Gasteiger partial charge in [0.1, 0.15) is 24.2 Å². The van der Waals surface area contributed by atoms with Gasteiger partial charge in [0.25, 0.3) is 0 Å². The van der Waals surface area contributed by atoms with Crippen molar-refractivity contribution >= 4 is 27.5 Å². The fraction of sp³-hybridized carbons (Fsp3) is 0.310. The van der Waals surface area contributed by atoms with Crippen LogP contribution >= 0.6 is 0 Å². The van der Waals surface area contributed by atoms with Crippen molar-refractivity contribution in [2.45, 2.75) is 38.8 Å². The summed E-state index contributed by atoms with van der Waals surface area (Å²) < 4.78 is 54.3. The minimum absolute atomic E-state index is 0.0906. The van der Waals surface area contributed by atoms with Crippen LogP contribution in [0.1, 0.15) is 30.9 Å². The Kier molecular flexibility index (Phi) is 10.6. The van der Waals surface area contributed by atoms with Crippen molar-refractivity contribution in [1.29, 1.82) is 0 Å². The number of amides is 2. The zero-order valence-electron chi connectivity index (χ0n) is 22.0. The third-order valence-corrected chi connectivity index (χ3v) is 7.29. The quantitative estimate of drug-likeness (QED) is 0.318. The molecule has 0 unspecified atom stereocenters. The Balaban J connectivity index is 2.03. The minimum Gasteiger partial charge on any atom is -0.354 e. The zero-order valence-corrected chi connectivity index (χ0v) is 22.8. The number of anilines is 1. The molecule has 0 aliphatic heterocycles. The minimum atomic E-state index is -4.07. The van der Waals surface area contributed by atoms with Crippen LogP contribution in [0, 0.1) is 11.6 Å². The fourth-order valence-corrected chi connectivity index (χ4v) is 4.95. The van der Waals surface area contributed by atoms with Crippen LogP contribution < -0.4 is 9.62 Å². The van der Waals surface area contributed by atoms with E-state index in [1.165, 1.54) is 47.4 Å². The number of carbonyl (C=O) groups excluding carboxylic acids is 2. The first kappa shape index (κ1) is 29.8. The fourth-order valence-electron chi connectivity index (χ4n) is 4.10. The van der Waals surface area contributed by atoms with Gasteiger partial charge >= 0.3 is 0 Å². The monoisotopic (exact) mass is 557 g/mol. The predicted octanol–water partition coefficient (Wildman–Crippen LogP) is 4.29. The average molecular weight is 558 g/mol. The van der Waals surface area contributed by atoms with E-state index in [9.17, 15) is 26.8 Å². The van der Waals surface area contributed by atoms with Gasteiger partial charge in [0.15, 0.2) is 0 Å². The SMILES string of the molecule is CCCCNC(=O)[C@H](Cc1ccccc1)N(Cc1ccc(F)cc1)C(=O)CN(c1ccccc1F)S(C)(=O)=O. The Bertz CT molecular complexity index is 1350. The molecule has 0 aliphatic rings. The first-order chi connectivity index (χ1) is 18.6. The molecule has 0 spiro atoms. The molecule has 1 atom stereocenters. The number of nitrogens with one attached hydrogen (secondary N) is 1. The van der Waals surface area contributed by atoms with E-state index in [4.69, 9.17) is 0 Å². The lowest BCUT2D eigenvalue weighted by atomic mass is 10.0. The molecule has 0 saturated heterocycles. The highest BCUT2D eigenvalue weighted by Crippen LogP contribution is 2.23. The number of carbonyl (C=O) groups is 2. The molecule has 208 valence electrons. The highest BCUT2D eigenvalue weighted by molar-refractivity contribution is 7.92. The number of sulfonamides is 1. The molecule has 0 bridgehead atoms. The van der Waals surface area contributed by atoms with Crippen molar-refractivity contribution in [1.82, 2.24) is 10.2 Å². The maximum Gasteiger partial charge on any atom is 0.244 e. The van der Waals surface area contributed by atoms with Crippen molar-refractivity contribution in [3.63, 3.8) is 0 Å². The van der Waals surface area contributed by atoms with Crippen LogP contribution in [0.25, 0.3) is 0 Å². The summed E-state index contributed by atoms with van der Waals surface area (Å²) in [6, 6.07) is 18.9. The smallest absolute Gasteiger partial charge is 0.244 e. The third-order valence-electron chi connectivity index (χ3n) is 6.17. The molecule has 39 heavy (non-hydrogen) atoms. The second kappa shape index (κ2) is 13.8. The average Bonchev–Trinajstić information content (AvgIpc) is 2.91. The van der Waals surface area contributed by atoms with E-state index in [0.29, 0.717) is 16.4 Å². The molecule has 3 rings (SSSR count). The summed E-state index contributed by atoms with van der Waals surface area (Å²) in [4.78, 5) is 28.6. The van der Waals surface area contributed by atoms with E-state index in [1.807, 2.05) is 37.3 Å². The van der Waals surface area contributed by atoms with Crippen LogP contribution in [0.3, 0.4) is 0 Å². The van der Waals surface area contributed by atoms with Crippen LogP contribution in [0.2, 0.25) is 0 Å². The molecule has 1 N–H and O–H groups in total. The Labute approximate surface area is 228 Å². The summed E-state index contributed by atoms with van der Waals surface area (Å²) in [5, 5.41) is 2.87. The van der Waals surface area contributed by atoms with Gasteiger partial charge in [-0.25, -0.2) is 17.2 Å². The molecule has 2 amide bonds. The molecule has 3 aromatic carbocycles. The van der Waals surface area contributed by atoms with E-state index in [-0.39, 0.29) is 18.7 Å². The van der Waals surface area contributed by atoms with Gasteiger partial charge in [-0.05, 0) is 41.8 Å². The molecule has 0 saturated carbocycles. The Morgan fingerprint density at radius 1 is 0.897 bits per heavy atom. The van der Waals surface area contributed by atoms with Gasteiger partial charge in [0.2, 0.25) is 21.8 Å². The van der Waals surface area contributed by atoms with Gasteiger partial charge in [0.05, 0.1) is 11.9 Å². The first-order valence-electron chi connectivity index (χ1n) is 12.7. The van der Waals surface area contributed by atoms with Gasteiger partial charge in [-0.15, -0.1) is 0 Å². The number of hydrogen-bond donors (Lipinski definition) is 1. The highest BCUT2D eigenvalue weighted by atomic mass is 32.2. The zero-order chi connectivity index (χ0) is 28.4. The van der Waals surface area contributed by atoms with E-state index < -0.39 is 46.1 Å². The van der Waals surface area contributed by atoms with E-state index in [2.05, 4.69) is 5.32 Å². The highest BCUT2D eigenvalue weighted by Gasteiger charge is 2.33. The lowest BCUT2D eigenvalue weighted by molar-refractivity contribution is -0.140. The molecule has 0 aromatic heterocycles. The topological polar surface area (TPSA) is 86.8 Å².